The van der Waals surface area contributed by atoms with Crippen molar-refractivity contribution in [2.24, 2.45) is 11.8 Å². The van der Waals surface area contributed by atoms with Crippen molar-refractivity contribution in [3.8, 4) is 0 Å². The van der Waals surface area contributed by atoms with E-state index in [1.165, 1.54) is 11.3 Å². The van der Waals surface area contributed by atoms with E-state index in [1.807, 2.05) is 5.38 Å². The Kier molecular flexibility index (Phi) is 4.35. The molecule has 0 spiro atoms. The van der Waals surface area contributed by atoms with E-state index in [4.69, 9.17) is 0 Å². The third kappa shape index (κ3) is 3.09. The highest BCUT2D eigenvalue weighted by molar-refractivity contribution is 7.13. The van der Waals surface area contributed by atoms with E-state index in [9.17, 15) is 4.79 Å². The van der Waals surface area contributed by atoms with Crippen LogP contribution in [0.4, 0.5) is 5.13 Å². The molecule has 100 valence electrons. The summed E-state index contributed by atoms with van der Waals surface area (Å²) in [7, 11) is 0. The SMILES string of the molecule is CC(C)c1csc(NC(=O)C2CCNCC2C)n1. The van der Waals surface area contributed by atoms with Crippen LogP contribution >= 0.6 is 11.3 Å². The second kappa shape index (κ2) is 5.80. The van der Waals surface area contributed by atoms with Gasteiger partial charge in [-0.3, -0.25) is 4.79 Å². The highest BCUT2D eigenvalue weighted by atomic mass is 32.1. The highest BCUT2D eigenvalue weighted by Gasteiger charge is 2.28. The van der Waals surface area contributed by atoms with E-state index in [2.05, 4.69) is 36.4 Å². The van der Waals surface area contributed by atoms with Gasteiger partial charge in [-0.25, -0.2) is 4.98 Å². The molecule has 1 amide bonds. The largest absolute Gasteiger partial charge is 0.316 e. The van der Waals surface area contributed by atoms with E-state index in [0.29, 0.717) is 11.8 Å². The van der Waals surface area contributed by atoms with Crippen LogP contribution in [0.15, 0.2) is 5.38 Å². The molecule has 0 aliphatic carbocycles. The molecule has 0 radical (unpaired) electrons. The Balaban J connectivity index is 1.97. The van der Waals surface area contributed by atoms with Crippen molar-refractivity contribution < 1.29 is 4.79 Å². The molecule has 0 bridgehead atoms. The number of hydrogen-bond acceptors (Lipinski definition) is 4. The molecule has 18 heavy (non-hydrogen) atoms. The number of rotatable bonds is 3. The lowest BCUT2D eigenvalue weighted by atomic mass is 9.87. The van der Waals surface area contributed by atoms with Crippen LogP contribution in [0, 0.1) is 11.8 Å². The molecule has 0 aromatic carbocycles. The summed E-state index contributed by atoms with van der Waals surface area (Å²) >= 11 is 1.51. The summed E-state index contributed by atoms with van der Waals surface area (Å²) in [6, 6.07) is 0. The summed E-state index contributed by atoms with van der Waals surface area (Å²) in [5, 5.41) is 9.02. The van der Waals surface area contributed by atoms with E-state index in [-0.39, 0.29) is 11.8 Å². The van der Waals surface area contributed by atoms with Gasteiger partial charge >= 0.3 is 0 Å². The Hall–Kier alpha value is -0.940. The number of amides is 1. The van der Waals surface area contributed by atoms with Crippen molar-refractivity contribution in [2.75, 3.05) is 18.4 Å². The minimum Gasteiger partial charge on any atom is -0.316 e. The molecule has 2 heterocycles. The first-order valence-corrected chi connectivity index (χ1v) is 7.43. The van der Waals surface area contributed by atoms with Gasteiger partial charge in [0, 0.05) is 11.3 Å². The third-order valence-electron chi connectivity index (χ3n) is 3.47. The second-order valence-corrected chi connectivity index (χ2v) is 6.16. The molecule has 1 aliphatic heterocycles. The number of hydrogen-bond donors (Lipinski definition) is 2. The molecule has 1 saturated heterocycles. The van der Waals surface area contributed by atoms with Gasteiger partial charge in [0.1, 0.15) is 0 Å². The fraction of sp³-hybridized carbons (Fsp3) is 0.692. The number of carbonyl (C=O) groups excluding carboxylic acids is 1. The first-order valence-electron chi connectivity index (χ1n) is 6.55. The lowest BCUT2D eigenvalue weighted by Crippen LogP contribution is -2.40. The van der Waals surface area contributed by atoms with E-state index >= 15 is 0 Å². The number of anilines is 1. The Labute approximate surface area is 112 Å². The number of thiazole rings is 1. The molecule has 0 saturated carbocycles. The second-order valence-electron chi connectivity index (χ2n) is 5.30. The van der Waals surface area contributed by atoms with Gasteiger partial charge in [-0.2, -0.15) is 0 Å². The zero-order valence-electron chi connectivity index (χ0n) is 11.2. The summed E-state index contributed by atoms with van der Waals surface area (Å²) in [4.78, 5) is 16.6. The molecule has 1 fully saturated rings. The van der Waals surface area contributed by atoms with E-state index in [1.54, 1.807) is 0 Å². The van der Waals surface area contributed by atoms with Crippen LogP contribution in [-0.4, -0.2) is 24.0 Å². The topological polar surface area (TPSA) is 54.0 Å². The van der Waals surface area contributed by atoms with Crippen LogP contribution in [0.5, 0.6) is 0 Å². The van der Waals surface area contributed by atoms with Crippen LogP contribution in [0.1, 0.15) is 38.8 Å². The molecule has 1 aromatic rings. The minimum absolute atomic E-state index is 0.109. The molecular weight excluding hydrogens is 246 g/mol. The lowest BCUT2D eigenvalue weighted by Gasteiger charge is -2.27. The zero-order valence-corrected chi connectivity index (χ0v) is 12.0. The molecular formula is C13H21N3OS. The van der Waals surface area contributed by atoms with Crippen LogP contribution < -0.4 is 10.6 Å². The average molecular weight is 267 g/mol. The lowest BCUT2D eigenvalue weighted by molar-refractivity contribution is -0.122. The van der Waals surface area contributed by atoms with Crippen molar-refractivity contribution >= 4 is 22.4 Å². The first kappa shape index (κ1) is 13.5. The van der Waals surface area contributed by atoms with Crippen molar-refractivity contribution in [2.45, 2.75) is 33.1 Å². The highest BCUT2D eigenvalue weighted by Crippen LogP contribution is 2.24. The summed E-state index contributed by atoms with van der Waals surface area (Å²) < 4.78 is 0. The average Bonchev–Trinajstić information content (AvgIpc) is 2.78. The monoisotopic (exact) mass is 267 g/mol. The van der Waals surface area contributed by atoms with Gasteiger partial charge in [0.05, 0.1) is 5.69 Å². The molecule has 2 rings (SSSR count). The number of nitrogens with zero attached hydrogens (tertiary/aromatic N) is 1. The molecule has 1 aromatic heterocycles. The zero-order chi connectivity index (χ0) is 13.1. The van der Waals surface area contributed by atoms with Crippen LogP contribution in [-0.2, 0) is 4.79 Å². The van der Waals surface area contributed by atoms with Gasteiger partial charge < -0.3 is 10.6 Å². The Morgan fingerprint density at radius 2 is 2.39 bits per heavy atom. The summed E-state index contributed by atoms with van der Waals surface area (Å²) in [5.74, 6) is 1.03. The van der Waals surface area contributed by atoms with Crippen LogP contribution in [0.25, 0.3) is 0 Å². The first-order chi connectivity index (χ1) is 8.58. The predicted molar refractivity (Wildman–Crippen MR) is 75.0 cm³/mol. The van der Waals surface area contributed by atoms with Crippen molar-refractivity contribution in [1.82, 2.24) is 10.3 Å². The molecule has 5 heteroatoms. The van der Waals surface area contributed by atoms with Crippen molar-refractivity contribution in [3.05, 3.63) is 11.1 Å². The molecule has 1 aliphatic rings. The maximum absolute atomic E-state index is 12.2. The third-order valence-corrected chi connectivity index (χ3v) is 4.24. The molecule has 2 unspecified atom stereocenters. The van der Waals surface area contributed by atoms with E-state index < -0.39 is 0 Å². The smallest absolute Gasteiger partial charge is 0.229 e. The summed E-state index contributed by atoms with van der Waals surface area (Å²) in [6.45, 7) is 8.19. The number of piperidine rings is 1. The molecule has 2 N–H and O–H groups in total. The van der Waals surface area contributed by atoms with Gasteiger partial charge in [0.15, 0.2) is 5.13 Å². The summed E-state index contributed by atoms with van der Waals surface area (Å²) in [5.41, 5.74) is 1.05. The van der Waals surface area contributed by atoms with Gasteiger partial charge in [-0.1, -0.05) is 20.8 Å². The maximum atomic E-state index is 12.2. The van der Waals surface area contributed by atoms with Crippen molar-refractivity contribution in [1.29, 1.82) is 0 Å². The van der Waals surface area contributed by atoms with Gasteiger partial charge in [0.2, 0.25) is 5.91 Å². The van der Waals surface area contributed by atoms with Crippen LogP contribution in [0.2, 0.25) is 0 Å². The quantitative estimate of drug-likeness (QED) is 0.884. The number of nitrogens with one attached hydrogen (secondary N) is 2. The fourth-order valence-electron chi connectivity index (χ4n) is 2.21. The van der Waals surface area contributed by atoms with Gasteiger partial charge in [0.25, 0.3) is 0 Å². The van der Waals surface area contributed by atoms with Gasteiger partial charge in [-0.05, 0) is 31.3 Å². The Bertz CT molecular complexity index is 416. The fourth-order valence-corrected chi connectivity index (χ4v) is 3.09. The molecule has 4 nitrogen and oxygen atoms in total. The molecule has 2 atom stereocenters. The Morgan fingerprint density at radius 3 is 3.00 bits per heavy atom. The van der Waals surface area contributed by atoms with Crippen LogP contribution in [0.3, 0.4) is 0 Å². The normalized spacial score (nSPS) is 24.2. The van der Waals surface area contributed by atoms with Gasteiger partial charge in [-0.15, -0.1) is 11.3 Å². The van der Waals surface area contributed by atoms with Crippen molar-refractivity contribution in [3.63, 3.8) is 0 Å². The summed E-state index contributed by atoms with van der Waals surface area (Å²) in [6.07, 6.45) is 0.912. The number of carbonyl (C=O) groups is 1. The maximum Gasteiger partial charge on any atom is 0.229 e. The minimum atomic E-state index is 0.109. The predicted octanol–water partition coefficient (Wildman–Crippen LogP) is 2.45. The van der Waals surface area contributed by atoms with E-state index in [0.717, 1.165) is 30.3 Å². The number of aromatic nitrogens is 1. The Morgan fingerprint density at radius 1 is 1.61 bits per heavy atom. The standard InChI is InChI=1S/C13H21N3OS/c1-8(2)11-7-18-13(15-11)16-12(17)10-4-5-14-6-9(10)3/h7-10,14H,4-6H2,1-3H3,(H,15,16,17).